The van der Waals surface area contributed by atoms with E-state index in [0.29, 0.717) is 18.0 Å². The molecule has 164 valence electrons. The molecule has 0 radical (unpaired) electrons. The molecule has 3 aromatic carbocycles. The molecular formula is C27H23N3O3. The van der Waals surface area contributed by atoms with Crippen molar-refractivity contribution in [1.29, 1.82) is 0 Å². The molecule has 1 amide bonds. The quantitative estimate of drug-likeness (QED) is 0.361. The molecule has 3 heterocycles. The van der Waals surface area contributed by atoms with E-state index in [-0.39, 0.29) is 18.7 Å². The predicted molar refractivity (Wildman–Crippen MR) is 128 cm³/mol. The number of benzene rings is 3. The second-order valence-corrected chi connectivity index (χ2v) is 8.36. The van der Waals surface area contributed by atoms with Gasteiger partial charge in [0.15, 0.2) is 11.5 Å². The molecule has 6 heteroatoms. The Hall–Kier alpha value is -4.19. The number of rotatable bonds is 3. The van der Waals surface area contributed by atoms with E-state index in [1.54, 1.807) is 6.08 Å². The number of ether oxygens (including phenoxy) is 2. The van der Waals surface area contributed by atoms with Gasteiger partial charge in [0, 0.05) is 34.9 Å². The van der Waals surface area contributed by atoms with Crippen molar-refractivity contribution in [3.8, 4) is 11.5 Å². The van der Waals surface area contributed by atoms with Gasteiger partial charge in [-0.25, -0.2) is 0 Å². The zero-order valence-corrected chi connectivity index (χ0v) is 18.0. The van der Waals surface area contributed by atoms with Crippen molar-refractivity contribution in [2.75, 3.05) is 19.1 Å². The molecule has 4 aromatic rings. The van der Waals surface area contributed by atoms with Crippen LogP contribution >= 0.6 is 0 Å². The fraction of sp³-hybridized carbons (Fsp3) is 0.148. The molecule has 0 fully saturated rings. The summed E-state index contributed by atoms with van der Waals surface area (Å²) in [6.45, 7) is 0.840. The highest BCUT2D eigenvalue weighted by Gasteiger charge is 2.34. The third kappa shape index (κ3) is 3.40. The first-order valence-electron chi connectivity index (χ1n) is 11.0. The van der Waals surface area contributed by atoms with Gasteiger partial charge in [-0.2, -0.15) is 0 Å². The van der Waals surface area contributed by atoms with Crippen molar-refractivity contribution in [1.82, 2.24) is 9.88 Å². The monoisotopic (exact) mass is 437 g/mol. The number of nitrogens with two attached hydrogens (primary N) is 1. The Morgan fingerprint density at radius 2 is 1.85 bits per heavy atom. The smallest absolute Gasteiger partial charge is 0.247 e. The Morgan fingerprint density at radius 1 is 1.03 bits per heavy atom. The summed E-state index contributed by atoms with van der Waals surface area (Å²) < 4.78 is 11.1. The van der Waals surface area contributed by atoms with E-state index < -0.39 is 0 Å². The Bertz CT molecular complexity index is 1390. The van der Waals surface area contributed by atoms with E-state index in [1.807, 2.05) is 59.5 Å². The molecule has 0 saturated carbocycles. The Morgan fingerprint density at radius 3 is 2.73 bits per heavy atom. The molecular weight excluding hydrogens is 414 g/mol. The number of amides is 1. The van der Waals surface area contributed by atoms with E-state index in [4.69, 9.17) is 15.2 Å². The topological polar surface area (TPSA) is 80.6 Å². The number of para-hydroxylation sites is 1. The summed E-state index contributed by atoms with van der Waals surface area (Å²) in [4.78, 5) is 18.9. The highest BCUT2D eigenvalue weighted by Crippen LogP contribution is 2.42. The Balaban J connectivity index is 1.42. The molecule has 2 aliphatic heterocycles. The zero-order chi connectivity index (χ0) is 22.4. The highest BCUT2D eigenvalue weighted by molar-refractivity contribution is 5.93. The molecule has 2 aliphatic rings. The van der Waals surface area contributed by atoms with Gasteiger partial charge >= 0.3 is 0 Å². The van der Waals surface area contributed by atoms with Crippen LogP contribution < -0.4 is 15.2 Å². The van der Waals surface area contributed by atoms with Gasteiger partial charge in [-0.1, -0.05) is 36.4 Å². The SMILES string of the molecule is Nc1ccc(C=CC(=O)N2CCc3c([nH]c4ccccc34)[C@H]2c2ccc3c(c2)OCO3)cc1. The maximum absolute atomic E-state index is 13.4. The average Bonchev–Trinajstić information content (AvgIpc) is 3.46. The lowest BCUT2D eigenvalue weighted by molar-refractivity contribution is -0.128. The lowest BCUT2D eigenvalue weighted by Crippen LogP contribution is -2.39. The molecule has 0 aliphatic carbocycles. The van der Waals surface area contributed by atoms with Gasteiger partial charge in [0.05, 0.1) is 6.04 Å². The van der Waals surface area contributed by atoms with Crippen molar-refractivity contribution in [3.63, 3.8) is 0 Å². The summed E-state index contributed by atoms with van der Waals surface area (Å²) in [6, 6.07) is 21.4. The highest BCUT2D eigenvalue weighted by atomic mass is 16.7. The van der Waals surface area contributed by atoms with Crippen molar-refractivity contribution >= 4 is 28.6 Å². The summed E-state index contributed by atoms with van der Waals surface area (Å²) in [6.07, 6.45) is 4.26. The van der Waals surface area contributed by atoms with Gasteiger partial charge in [0.2, 0.25) is 12.7 Å². The third-order valence-electron chi connectivity index (χ3n) is 6.38. The maximum atomic E-state index is 13.4. The number of aromatic nitrogens is 1. The number of H-pyrrole nitrogens is 1. The summed E-state index contributed by atoms with van der Waals surface area (Å²) in [7, 11) is 0. The van der Waals surface area contributed by atoms with Gasteiger partial charge in [-0.15, -0.1) is 0 Å². The molecule has 3 N–H and O–H groups in total. The van der Waals surface area contributed by atoms with Crippen LogP contribution in [0.5, 0.6) is 11.5 Å². The van der Waals surface area contributed by atoms with Crippen LogP contribution in [0.2, 0.25) is 0 Å². The van der Waals surface area contributed by atoms with Gasteiger partial charge in [-0.05, 0) is 59.5 Å². The predicted octanol–water partition coefficient (Wildman–Crippen LogP) is 4.67. The average molecular weight is 437 g/mol. The van der Waals surface area contributed by atoms with Crippen LogP contribution in [0.1, 0.15) is 28.4 Å². The van der Waals surface area contributed by atoms with Gasteiger partial charge in [0.1, 0.15) is 0 Å². The van der Waals surface area contributed by atoms with Crippen LogP contribution in [0, 0.1) is 0 Å². The van der Waals surface area contributed by atoms with Crippen molar-refractivity contribution < 1.29 is 14.3 Å². The number of fused-ring (bicyclic) bond motifs is 4. The molecule has 0 saturated heterocycles. The minimum absolute atomic E-state index is 0.0428. The molecule has 1 aromatic heterocycles. The van der Waals surface area contributed by atoms with Crippen molar-refractivity contribution in [2.45, 2.75) is 12.5 Å². The van der Waals surface area contributed by atoms with Crippen LogP contribution in [0.3, 0.4) is 0 Å². The lowest BCUT2D eigenvalue weighted by atomic mass is 9.92. The Kier molecular flexibility index (Phi) is 4.57. The van der Waals surface area contributed by atoms with Gasteiger partial charge < -0.3 is 25.1 Å². The fourth-order valence-corrected chi connectivity index (χ4v) is 4.78. The molecule has 6 nitrogen and oxygen atoms in total. The van der Waals surface area contributed by atoms with E-state index in [9.17, 15) is 4.79 Å². The van der Waals surface area contributed by atoms with Crippen LogP contribution in [-0.2, 0) is 11.2 Å². The van der Waals surface area contributed by atoms with E-state index in [1.165, 1.54) is 10.9 Å². The first kappa shape index (κ1) is 19.5. The number of carbonyl (C=O) groups is 1. The first-order valence-corrected chi connectivity index (χ1v) is 11.0. The van der Waals surface area contributed by atoms with Gasteiger partial charge in [-0.3, -0.25) is 4.79 Å². The maximum Gasteiger partial charge on any atom is 0.247 e. The molecule has 33 heavy (non-hydrogen) atoms. The number of nitrogen functional groups attached to an aromatic ring is 1. The molecule has 1 atom stereocenters. The van der Waals surface area contributed by atoms with Crippen molar-refractivity contribution in [2.24, 2.45) is 0 Å². The molecule has 0 spiro atoms. The summed E-state index contributed by atoms with van der Waals surface area (Å²) in [5, 5.41) is 1.21. The summed E-state index contributed by atoms with van der Waals surface area (Å²) in [5.41, 5.74) is 11.8. The van der Waals surface area contributed by atoms with Crippen molar-refractivity contribution in [3.05, 3.63) is 95.2 Å². The number of anilines is 1. The first-order chi connectivity index (χ1) is 16.2. The number of hydrogen-bond donors (Lipinski definition) is 2. The van der Waals surface area contributed by atoms with E-state index in [2.05, 4.69) is 23.2 Å². The number of carbonyl (C=O) groups excluding carboxylic acids is 1. The number of nitrogens with one attached hydrogen (secondary N) is 1. The van der Waals surface area contributed by atoms with E-state index >= 15 is 0 Å². The zero-order valence-electron chi connectivity index (χ0n) is 18.0. The fourth-order valence-electron chi connectivity index (χ4n) is 4.78. The molecule has 6 rings (SSSR count). The molecule has 0 unspecified atom stereocenters. The third-order valence-corrected chi connectivity index (χ3v) is 6.38. The summed E-state index contributed by atoms with van der Waals surface area (Å²) in [5.74, 6) is 1.40. The second-order valence-electron chi connectivity index (χ2n) is 8.36. The number of aromatic amines is 1. The number of hydrogen-bond acceptors (Lipinski definition) is 4. The van der Waals surface area contributed by atoms with Crippen LogP contribution in [-0.4, -0.2) is 29.1 Å². The van der Waals surface area contributed by atoms with Crippen LogP contribution in [0.25, 0.3) is 17.0 Å². The normalized spacial score (nSPS) is 17.0. The Labute approximate surface area is 191 Å². The molecule has 0 bridgehead atoms. The minimum Gasteiger partial charge on any atom is -0.454 e. The second kappa shape index (κ2) is 7.74. The van der Waals surface area contributed by atoms with E-state index in [0.717, 1.165) is 34.5 Å². The van der Waals surface area contributed by atoms with Gasteiger partial charge in [0.25, 0.3) is 0 Å². The van der Waals surface area contributed by atoms with Crippen LogP contribution in [0.4, 0.5) is 5.69 Å². The lowest BCUT2D eigenvalue weighted by Gasteiger charge is -2.35. The standard InChI is InChI=1S/C27H23N3O3/c28-19-9-5-17(6-10-19)7-12-25(31)30-14-13-21-20-3-1-2-4-22(20)29-26(21)27(30)18-8-11-23-24(15-18)33-16-32-23/h1-12,15,27,29H,13-14,16,28H2/t27-/m1/s1. The summed E-state index contributed by atoms with van der Waals surface area (Å²) >= 11 is 0. The minimum atomic E-state index is -0.251. The number of nitrogens with zero attached hydrogens (tertiary/aromatic N) is 1. The largest absolute Gasteiger partial charge is 0.454 e. The van der Waals surface area contributed by atoms with Crippen LogP contribution in [0.15, 0.2) is 72.8 Å².